The number of anilines is 1. The van der Waals surface area contributed by atoms with E-state index in [-0.39, 0.29) is 5.24 Å². The topological polar surface area (TPSA) is 58.6 Å². The quantitative estimate of drug-likeness (QED) is 0.812. The van der Waals surface area contributed by atoms with Crippen molar-refractivity contribution in [1.82, 2.24) is 0 Å². The zero-order valence-corrected chi connectivity index (χ0v) is 14.2. The van der Waals surface area contributed by atoms with Gasteiger partial charge in [-0.25, -0.2) is 0 Å². The molecule has 1 heterocycles. The number of rotatable bonds is 3. The van der Waals surface area contributed by atoms with Crippen LogP contribution in [0.4, 0.5) is 10.5 Å². The molecule has 0 fully saturated rings. The van der Waals surface area contributed by atoms with Crippen molar-refractivity contribution in [2.45, 2.75) is 12.4 Å². The van der Waals surface area contributed by atoms with Crippen LogP contribution in [0.5, 0.6) is 0 Å². The monoisotopic (exact) mass is 367 g/mol. The second-order valence-corrected chi connectivity index (χ2v) is 6.75. The number of amides is 1. The maximum atomic E-state index is 12.1. The van der Waals surface area contributed by atoms with E-state index >= 15 is 0 Å². The van der Waals surface area contributed by atoms with E-state index in [1.165, 1.54) is 0 Å². The first-order valence-electron chi connectivity index (χ1n) is 6.84. The molecule has 0 saturated carbocycles. The molecule has 23 heavy (non-hydrogen) atoms. The number of fused-ring (bicyclic) bond motifs is 1. The van der Waals surface area contributed by atoms with Crippen LogP contribution in [0.25, 0.3) is 0 Å². The fourth-order valence-corrected chi connectivity index (χ4v) is 3.37. The van der Waals surface area contributed by atoms with Gasteiger partial charge in [-0.05, 0) is 29.3 Å². The molecule has 0 radical (unpaired) electrons. The van der Waals surface area contributed by atoms with Gasteiger partial charge in [0, 0.05) is 16.2 Å². The molecule has 1 amide bonds. The predicted octanol–water partition coefficient (Wildman–Crippen LogP) is 3.68. The molecule has 0 saturated heterocycles. The summed E-state index contributed by atoms with van der Waals surface area (Å²) in [6.45, 7) is 0.315. The van der Waals surface area contributed by atoms with Crippen LogP contribution < -0.4 is 10.8 Å². The smallest absolute Gasteiger partial charge is 0.423 e. The summed E-state index contributed by atoms with van der Waals surface area (Å²) < 4.78 is 5.12. The summed E-state index contributed by atoms with van der Waals surface area (Å²) in [5.74, 6) is 0.525. The van der Waals surface area contributed by atoms with Crippen LogP contribution >= 0.6 is 35.0 Å². The minimum Gasteiger partial charge on any atom is -0.423 e. The number of hydrogen-bond acceptors (Lipinski definition) is 4. The lowest BCUT2D eigenvalue weighted by atomic mass is 9.79. The van der Waals surface area contributed by atoms with E-state index in [0.717, 1.165) is 22.9 Å². The van der Waals surface area contributed by atoms with E-state index in [4.69, 9.17) is 27.9 Å². The fraction of sp³-hybridized carbons (Fsp3) is 0.133. The van der Waals surface area contributed by atoms with E-state index in [2.05, 4.69) is 5.32 Å². The molecule has 4 nitrogen and oxygen atoms in total. The normalized spacial score (nSPS) is 13.1. The molecule has 8 heteroatoms. The predicted molar refractivity (Wildman–Crippen MR) is 95.6 cm³/mol. The maximum absolute atomic E-state index is 12.1. The lowest BCUT2D eigenvalue weighted by molar-refractivity contribution is 0.269. The van der Waals surface area contributed by atoms with Gasteiger partial charge in [-0.2, -0.15) is 0 Å². The highest BCUT2D eigenvalue weighted by Gasteiger charge is 2.31. The van der Waals surface area contributed by atoms with E-state index in [9.17, 15) is 9.82 Å². The van der Waals surface area contributed by atoms with Crippen LogP contribution in [0, 0.1) is 0 Å². The number of carbonyl (C=O) groups is 1. The van der Waals surface area contributed by atoms with Gasteiger partial charge in [0.2, 0.25) is 0 Å². The zero-order chi connectivity index (χ0) is 16.4. The van der Waals surface area contributed by atoms with E-state index in [0.29, 0.717) is 33.6 Å². The van der Waals surface area contributed by atoms with Crippen LogP contribution in [0.15, 0.2) is 36.4 Å². The third-order valence-electron chi connectivity index (χ3n) is 3.43. The Kier molecular flexibility index (Phi) is 5.19. The number of nitrogens with one attached hydrogen (secondary N) is 1. The van der Waals surface area contributed by atoms with Crippen molar-refractivity contribution in [3.63, 3.8) is 0 Å². The highest BCUT2D eigenvalue weighted by Crippen LogP contribution is 2.27. The summed E-state index contributed by atoms with van der Waals surface area (Å²) in [5.41, 5.74) is 2.81. The Morgan fingerprint density at radius 1 is 1.26 bits per heavy atom. The average Bonchev–Trinajstić information content (AvgIpc) is 2.91. The molecular weight excluding hydrogens is 356 g/mol. The van der Waals surface area contributed by atoms with Crippen LogP contribution in [0.2, 0.25) is 10.0 Å². The number of carbonyl (C=O) groups excluding carboxylic acids is 1. The Bertz CT molecular complexity index is 742. The van der Waals surface area contributed by atoms with E-state index in [1.807, 2.05) is 12.1 Å². The molecule has 118 valence electrons. The first kappa shape index (κ1) is 16.7. The summed E-state index contributed by atoms with van der Waals surface area (Å²) in [5, 5.41) is 13.2. The lowest BCUT2D eigenvalue weighted by Crippen LogP contribution is -2.29. The summed E-state index contributed by atoms with van der Waals surface area (Å²) in [4.78, 5) is 12.1. The van der Waals surface area contributed by atoms with Gasteiger partial charge in [0.15, 0.2) is 0 Å². The van der Waals surface area contributed by atoms with Gasteiger partial charge in [-0.3, -0.25) is 4.79 Å². The summed E-state index contributed by atoms with van der Waals surface area (Å²) >= 11 is 13.2. The van der Waals surface area contributed by atoms with Gasteiger partial charge in [0.1, 0.15) is 0 Å². The number of halogens is 2. The van der Waals surface area contributed by atoms with Gasteiger partial charge in [0.05, 0.1) is 17.3 Å². The number of hydrogen-bond donors (Lipinski definition) is 2. The minimum atomic E-state index is -1.05. The van der Waals surface area contributed by atoms with Gasteiger partial charge < -0.3 is 15.0 Å². The molecule has 1 aliphatic heterocycles. The third kappa shape index (κ3) is 3.84. The third-order valence-corrected chi connectivity index (χ3v) is 4.93. The molecule has 0 aromatic heterocycles. The van der Waals surface area contributed by atoms with Crippen molar-refractivity contribution in [2.24, 2.45) is 0 Å². The largest absolute Gasteiger partial charge is 0.493 e. The van der Waals surface area contributed by atoms with Crippen molar-refractivity contribution in [3.8, 4) is 0 Å². The van der Waals surface area contributed by atoms with Gasteiger partial charge in [0.25, 0.3) is 5.24 Å². The minimum absolute atomic E-state index is 0.227. The molecule has 2 aromatic carbocycles. The lowest BCUT2D eigenvalue weighted by Gasteiger charge is -2.10. The maximum Gasteiger partial charge on any atom is 0.493 e. The first-order valence-corrected chi connectivity index (χ1v) is 8.58. The summed E-state index contributed by atoms with van der Waals surface area (Å²) in [6, 6.07) is 10.8. The Balaban J connectivity index is 1.64. The van der Waals surface area contributed by atoms with Gasteiger partial charge in [-0.15, -0.1) is 0 Å². The molecule has 0 unspecified atom stereocenters. The Hall–Kier alpha value is -1.18. The molecule has 3 rings (SSSR count). The average molecular weight is 368 g/mol. The van der Waals surface area contributed by atoms with Crippen LogP contribution in [0.3, 0.4) is 0 Å². The molecule has 2 aromatic rings. The standard InChI is InChI=1S/C15H12BCl2NO3S/c17-11-4-1-9(2-5-11)8-23-15(20)19-12-6-3-10-7-22-16(21)13(10)14(12)18/h1-6,21H,7-8H2,(H,19,20). The molecule has 2 N–H and O–H groups in total. The van der Waals surface area contributed by atoms with Crippen molar-refractivity contribution in [3.05, 3.63) is 57.6 Å². The number of thioether (sulfide) groups is 1. The molecule has 0 aliphatic carbocycles. The van der Waals surface area contributed by atoms with Crippen molar-refractivity contribution < 1.29 is 14.5 Å². The molecule has 1 aliphatic rings. The van der Waals surface area contributed by atoms with Crippen LogP contribution in [0.1, 0.15) is 11.1 Å². The van der Waals surface area contributed by atoms with Crippen molar-refractivity contribution in [2.75, 3.05) is 5.32 Å². The second-order valence-electron chi connectivity index (χ2n) is 4.99. The molecular formula is C15H12BCl2NO3S. The van der Waals surface area contributed by atoms with Gasteiger partial charge in [-0.1, -0.05) is 53.2 Å². The fourth-order valence-electron chi connectivity index (χ4n) is 2.25. The SMILES string of the molecule is O=C(Nc1ccc2c(c1Cl)B(O)OC2)SCc1ccc(Cl)cc1. The van der Waals surface area contributed by atoms with Gasteiger partial charge >= 0.3 is 7.12 Å². The van der Waals surface area contributed by atoms with E-state index < -0.39 is 7.12 Å². The van der Waals surface area contributed by atoms with Crippen LogP contribution in [-0.2, 0) is 17.0 Å². The second kappa shape index (κ2) is 7.15. The Morgan fingerprint density at radius 2 is 2.00 bits per heavy atom. The Labute approximate surface area is 148 Å². The zero-order valence-electron chi connectivity index (χ0n) is 11.9. The highest BCUT2D eigenvalue weighted by molar-refractivity contribution is 8.13. The van der Waals surface area contributed by atoms with Crippen molar-refractivity contribution >= 4 is 58.5 Å². The molecule has 0 spiro atoms. The summed E-state index contributed by atoms with van der Waals surface area (Å²) in [6.07, 6.45) is 0. The highest BCUT2D eigenvalue weighted by atomic mass is 35.5. The van der Waals surface area contributed by atoms with Crippen LogP contribution in [-0.4, -0.2) is 17.4 Å². The number of benzene rings is 2. The summed E-state index contributed by atoms with van der Waals surface area (Å²) in [7, 11) is -1.05. The molecule has 0 bridgehead atoms. The first-order chi connectivity index (χ1) is 11.0. The molecule has 0 atom stereocenters. The Morgan fingerprint density at radius 3 is 2.74 bits per heavy atom. The van der Waals surface area contributed by atoms with E-state index in [1.54, 1.807) is 24.3 Å². The van der Waals surface area contributed by atoms with Crippen molar-refractivity contribution in [1.29, 1.82) is 0 Å².